The van der Waals surface area contributed by atoms with Crippen molar-refractivity contribution in [1.82, 2.24) is 20.2 Å². The number of amides is 1. The number of rotatable bonds is 3. The summed E-state index contributed by atoms with van der Waals surface area (Å²) in [6.45, 7) is 0.228. The summed E-state index contributed by atoms with van der Waals surface area (Å²) in [5.41, 5.74) is 1.78. The van der Waals surface area contributed by atoms with E-state index in [0.717, 1.165) is 5.56 Å². The summed E-state index contributed by atoms with van der Waals surface area (Å²) in [7, 11) is 1.65. The summed E-state index contributed by atoms with van der Waals surface area (Å²) in [4.78, 5) is 26.0. The van der Waals surface area contributed by atoms with Crippen LogP contribution in [-0.2, 0) is 24.8 Å². The summed E-state index contributed by atoms with van der Waals surface area (Å²) in [5.74, 6) is -0.559. The van der Waals surface area contributed by atoms with Crippen molar-refractivity contribution in [3.05, 3.63) is 35.2 Å². The lowest BCUT2D eigenvalue weighted by molar-refractivity contribution is -0.119. The average Bonchev–Trinajstić information content (AvgIpc) is 2.87. The van der Waals surface area contributed by atoms with Crippen LogP contribution in [0.3, 0.4) is 0 Å². The minimum absolute atomic E-state index is 0.0296. The number of nitrogens with zero attached hydrogens (tertiary/aromatic N) is 5. The lowest BCUT2D eigenvalue weighted by Crippen LogP contribution is -2.35. The number of fused-ring (bicyclic) bond motifs is 1. The molecule has 0 saturated carbocycles. The van der Waals surface area contributed by atoms with Crippen LogP contribution >= 0.6 is 0 Å². The number of tetrazole rings is 1. The number of aryl methyl sites for hydroxylation is 2. The summed E-state index contributed by atoms with van der Waals surface area (Å²) < 4.78 is 0. The molecule has 1 aromatic heterocycles. The largest absolute Gasteiger partial charge is 0.478 e. The third-order valence-electron chi connectivity index (χ3n) is 3.38. The first-order valence-electron chi connectivity index (χ1n) is 6.44. The highest BCUT2D eigenvalue weighted by Gasteiger charge is 2.26. The van der Waals surface area contributed by atoms with Gasteiger partial charge >= 0.3 is 5.97 Å². The van der Waals surface area contributed by atoms with Crippen molar-refractivity contribution >= 4 is 17.6 Å². The molecular formula is C13H13N5O3. The van der Waals surface area contributed by atoms with Crippen molar-refractivity contribution in [2.75, 3.05) is 4.90 Å². The van der Waals surface area contributed by atoms with Crippen molar-refractivity contribution in [2.24, 2.45) is 7.05 Å². The molecule has 108 valence electrons. The molecule has 1 aromatic carbocycles. The van der Waals surface area contributed by atoms with Crippen LogP contribution in [0.15, 0.2) is 18.2 Å². The molecule has 21 heavy (non-hydrogen) atoms. The number of aromatic nitrogens is 4. The normalized spacial score (nSPS) is 14.1. The fraction of sp³-hybridized carbons (Fsp3) is 0.308. The lowest BCUT2D eigenvalue weighted by Gasteiger charge is -2.28. The van der Waals surface area contributed by atoms with E-state index in [4.69, 9.17) is 5.11 Å². The molecule has 0 bridgehead atoms. The van der Waals surface area contributed by atoms with Crippen LogP contribution in [0.4, 0.5) is 5.69 Å². The van der Waals surface area contributed by atoms with E-state index in [0.29, 0.717) is 24.4 Å². The second-order valence-corrected chi connectivity index (χ2v) is 4.82. The van der Waals surface area contributed by atoms with Gasteiger partial charge in [0, 0.05) is 12.1 Å². The molecule has 2 heterocycles. The number of carboxylic acids is 1. The highest BCUT2D eigenvalue weighted by Crippen LogP contribution is 2.29. The van der Waals surface area contributed by atoms with E-state index in [9.17, 15) is 9.59 Å². The molecule has 1 N–H and O–H groups in total. The minimum Gasteiger partial charge on any atom is -0.478 e. The topological polar surface area (TPSA) is 101 Å². The van der Waals surface area contributed by atoms with Crippen LogP contribution in [-0.4, -0.2) is 37.2 Å². The molecule has 8 nitrogen and oxygen atoms in total. The van der Waals surface area contributed by atoms with Crippen LogP contribution in [0.5, 0.6) is 0 Å². The molecule has 0 spiro atoms. The molecule has 0 unspecified atom stereocenters. The number of carboxylic acid groups (broad SMARTS) is 1. The van der Waals surface area contributed by atoms with Crippen LogP contribution < -0.4 is 4.90 Å². The molecule has 8 heteroatoms. The maximum Gasteiger partial charge on any atom is 0.335 e. The third kappa shape index (κ3) is 2.47. The van der Waals surface area contributed by atoms with Gasteiger partial charge in [0.2, 0.25) is 5.91 Å². The number of carbonyl (C=O) groups excluding carboxylic acids is 1. The summed E-state index contributed by atoms with van der Waals surface area (Å²) in [6, 6.07) is 4.77. The third-order valence-corrected chi connectivity index (χ3v) is 3.38. The van der Waals surface area contributed by atoms with Gasteiger partial charge in [-0.3, -0.25) is 4.79 Å². The molecule has 0 fully saturated rings. The van der Waals surface area contributed by atoms with E-state index in [-0.39, 0.29) is 18.0 Å². The number of aromatic carboxylic acids is 1. The SMILES string of the molecule is Cn1nnc(CN2C(=O)CCc3cc(C(=O)O)ccc32)n1. The summed E-state index contributed by atoms with van der Waals surface area (Å²) in [5, 5.41) is 20.7. The van der Waals surface area contributed by atoms with Gasteiger partial charge in [0.1, 0.15) is 0 Å². The number of hydrogen-bond acceptors (Lipinski definition) is 5. The van der Waals surface area contributed by atoms with Crippen molar-refractivity contribution in [1.29, 1.82) is 0 Å². The van der Waals surface area contributed by atoms with E-state index in [2.05, 4.69) is 15.4 Å². The first-order chi connectivity index (χ1) is 10.0. The zero-order chi connectivity index (χ0) is 15.0. The first-order valence-corrected chi connectivity index (χ1v) is 6.44. The standard InChI is InChI=1S/C13H13N5O3/c1-17-15-11(14-16-17)7-18-10-4-2-9(13(20)21)6-8(10)3-5-12(18)19/h2,4,6H,3,5,7H2,1H3,(H,20,21). The Bertz CT molecular complexity index is 724. The van der Waals surface area contributed by atoms with Gasteiger partial charge in [-0.05, 0) is 35.4 Å². The zero-order valence-electron chi connectivity index (χ0n) is 11.4. The van der Waals surface area contributed by atoms with Gasteiger partial charge in [-0.2, -0.15) is 4.80 Å². The minimum atomic E-state index is -0.975. The lowest BCUT2D eigenvalue weighted by atomic mass is 9.98. The maximum atomic E-state index is 12.1. The van der Waals surface area contributed by atoms with Gasteiger partial charge < -0.3 is 10.0 Å². The molecule has 1 aliphatic heterocycles. The fourth-order valence-electron chi connectivity index (χ4n) is 2.39. The van der Waals surface area contributed by atoms with E-state index >= 15 is 0 Å². The van der Waals surface area contributed by atoms with Crippen LogP contribution in [0.25, 0.3) is 0 Å². The molecule has 1 amide bonds. The van der Waals surface area contributed by atoms with E-state index in [1.165, 1.54) is 10.9 Å². The van der Waals surface area contributed by atoms with E-state index in [1.807, 2.05) is 0 Å². The van der Waals surface area contributed by atoms with E-state index < -0.39 is 5.97 Å². The highest BCUT2D eigenvalue weighted by atomic mass is 16.4. The number of anilines is 1. The Morgan fingerprint density at radius 2 is 2.19 bits per heavy atom. The molecular weight excluding hydrogens is 274 g/mol. The monoisotopic (exact) mass is 287 g/mol. The van der Waals surface area contributed by atoms with E-state index in [1.54, 1.807) is 24.1 Å². The molecule has 0 radical (unpaired) electrons. The number of hydrogen-bond donors (Lipinski definition) is 1. The highest BCUT2D eigenvalue weighted by molar-refractivity contribution is 5.97. The fourth-order valence-corrected chi connectivity index (χ4v) is 2.39. The van der Waals surface area contributed by atoms with Gasteiger partial charge in [-0.1, -0.05) is 0 Å². The zero-order valence-corrected chi connectivity index (χ0v) is 11.4. The van der Waals surface area contributed by atoms with Crippen molar-refractivity contribution < 1.29 is 14.7 Å². The van der Waals surface area contributed by atoms with Crippen LogP contribution in [0.2, 0.25) is 0 Å². The smallest absolute Gasteiger partial charge is 0.335 e. The summed E-state index contributed by atoms with van der Waals surface area (Å²) >= 11 is 0. The first kappa shape index (κ1) is 13.2. The molecule has 0 saturated heterocycles. The van der Waals surface area contributed by atoms with Gasteiger partial charge in [-0.15, -0.1) is 10.2 Å². The van der Waals surface area contributed by atoms with Gasteiger partial charge in [-0.25, -0.2) is 4.79 Å². The van der Waals surface area contributed by atoms with Crippen molar-refractivity contribution in [3.63, 3.8) is 0 Å². The Morgan fingerprint density at radius 1 is 1.38 bits per heavy atom. The van der Waals surface area contributed by atoms with Gasteiger partial charge in [0.25, 0.3) is 0 Å². The molecule has 0 aliphatic carbocycles. The van der Waals surface area contributed by atoms with Gasteiger partial charge in [0.15, 0.2) is 5.82 Å². The Hall–Kier alpha value is -2.77. The van der Waals surface area contributed by atoms with Crippen LogP contribution in [0.1, 0.15) is 28.2 Å². The Balaban J connectivity index is 1.95. The van der Waals surface area contributed by atoms with Crippen molar-refractivity contribution in [3.8, 4) is 0 Å². The maximum absolute atomic E-state index is 12.1. The number of benzene rings is 1. The van der Waals surface area contributed by atoms with Gasteiger partial charge in [0.05, 0.1) is 19.2 Å². The predicted octanol–water partition coefficient (Wildman–Crippen LogP) is 0.388. The summed E-state index contributed by atoms with van der Waals surface area (Å²) in [6.07, 6.45) is 0.885. The quantitative estimate of drug-likeness (QED) is 0.876. The van der Waals surface area contributed by atoms with Crippen molar-refractivity contribution in [2.45, 2.75) is 19.4 Å². The Kier molecular flexibility index (Phi) is 3.13. The second kappa shape index (κ2) is 4.97. The number of carbonyl (C=O) groups is 2. The molecule has 0 atom stereocenters. The average molecular weight is 287 g/mol. The van der Waals surface area contributed by atoms with Crippen LogP contribution in [0, 0.1) is 0 Å². The predicted molar refractivity (Wildman–Crippen MR) is 71.7 cm³/mol. The molecule has 1 aliphatic rings. The molecule has 3 rings (SSSR count). The second-order valence-electron chi connectivity index (χ2n) is 4.82. The molecule has 2 aromatic rings. The Labute approximate surface area is 120 Å². The Morgan fingerprint density at radius 3 is 2.86 bits per heavy atom.